The summed E-state index contributed by atoms with van der Waals surface area (Å²) in [5.74, 6) is -0.00597. The summed E-state index contributed by atoms with van der Waals surface area (Å²) >= 11 is 1.58. The first-order chi connectivity index (χ1) is 12.1. The first kappa shape index (κ1) is 19.2. The van der Waals surface area contributed by atoms with Gasteiger partial charge in [0.05, 0.1) is 12.1 Å². The van der Waals surface area contributed by atoms with Crippen LogP contribution >= 0.6 is 11.3 Å². The number of anilines is 1. The Morgan fingerprint density at radius 1 is 1.08 bits per heavy atom. The maximum Gasteiger partial charge on any atom is 0.225 e. The van der Waals surface area contributed by atoms with Crippen molar-refractivity contribution in [1.82, 2.24) is 5.32 Å². The Kier molecular flexibility index (Phi) is 7.19. The Morgan fingerprint density at radius 3 is 2.28 bits per heavy atom. The summed E-state index contributed by atoms with van der Waals surface area (Å²) in [7, 11) is 0. The minimum atomic E-state index is -0.00885. The fourth-order valence-corrected chi connectivity index (χ4v) is 3.63. The Bertz CT molecular complexity index is 688. The van der Waals surface area contributed by atoms with Crippen LogP contribution in [0.25, 0.3) is 0 Å². The van der Waals surface area contributed by atoms with E-state index in [4.69, 9.17) is 0 Å². The summed E-state index contributed by atoms with van der Waals surface area (Å²) in [5.41, 5.74) is 3.34. The number of amides is 2. The molecule has 0 aliphatic heterocycles. The summed E-state index contributed by atoms with van der Waals surface area (Å²) in [4.78, 5) is 27.1. The largest absolute Gasteiger partial charge is 0.354 e. The molecule has 1 heterocycles. The monoisotopic (exact) mass is 358 g/mol. The van der Waals surface area contributed by atoms with E-state index in [2.05, 4.69) is 31.3 Å². The molecule has 1 aromatic carbocycles. The fourth-order valence-electron chi connectivity index (χ4n) is 2.93. The van der Waals surface area contributed by atoms with Crippen LogP contribution in [0.4, 0.5) is 5.69 Å². The molecule has 0 aliphatic rings. The standard InChI is InChI=1S/C20H26N2O2S/c1-4-16-8-6-9-17(5-2)20(16)22(15(3)23)12-11-21-19(24)14-18-10-7-13-25-18/h6-10,13H,4-5,11-12,14H2,1-3H3,(H,21,24). The number of nitrogens with zero attached hydrogens (tertiary/aromatic N) is 1. The van der Waals surface area contributed by atoms with Gasteiger partial charge in [-0.2, -0.15) is 0 Å². The van der Waals surface area contributed by atoms with Gasteiger partial charge in [0.1, 0.15) is 0 Å². The molecule has 0 unspecified atom stereocenters. The molecule has 5 heteroatoms. The zero-order chi connectivity index (χ0) is 18.2. The van der Waals surface area contributed by atoms with Crippen molar-refractivity contribution in [1.29, 1.82) is 0 Å². The highest BCUT2D eigenvalue weighted by molar-refractivity contribution is 7.10. The highest BCUT2D eigenvalue weighted by Crippen LogP contribution is 2.27. The van der Waals surface area contributed by atoms with Crippen LogP contribution in [0.5, 0.6) is 0 Å². The van der Waals surface area contributed by atoms with Crippen molar-refractivity contribution in [2.75, 3.05) is 18.0 Å². The van der Waals surface area contributed by atoms with E-state index in [1.165, 1.54) is 11.1 Å². The molecular weight excluding hydrogens is 332 g/mol. The third-order valence-electron chi connectivity index (χ3n) is 4.19. The number of hydrogen-bond donors (Lipinski definition) is 1. The van der Waals surface area contributed by atoms with Gasteiger partial charge in [-0.15, -0.1) is 11.3 Å². The van der Waals surface area contributed by atoms with Crippen LogP contribution in [-0.4, -0.2) is 24.9 Å². The Balaban J connectivity index is 2.04. The molecule has 0 atom stereocenters. The smallest absolute Gasteiger partial charge is 0.225 e. The van der Waals surface area contributed by atoms with E-state index in [0.717, 1.165) is 23.4 Å². The maximum absolute atomic E-state index is 12.2. The number of nitrogens with one attached hydrogen (secondary N) is 1. The zero-order valence-electron chi connectivity index (χ0n) is 15.2. The second-order valence-corrected chi connectivity index (χ2v) is 6.94. The molecule has 25 heavy (non-hydrogen) atoms. The molecule has 0 saturated heterocycles. The predicted molar refractivity (Wildman–Crippen MR) is 104 cm³/mol. The maximum atomic E-state index is 12.2. The molecule has 1 N–H and O–H groups in total. The molecule has 2 aromatic rings. The number of benzene rings is 1. The summed E-state index contributed by atoms with van der Waals surface area (Å²) in [6.45, 7) is 6.71. The number of carbonyl (C=O) groups excluding carboxylic acids is 2. The van der Waals surface area contributed by atoms with E-state index in [0.29, 0.717) is 19.5 Å². The topological polar surface area (TPSA) is 49.4 Å². The summed E-state index contributed by atoms with van der Waals surface area (Å²) in [6, 6.07) is 10.1. The molecule has 0 spiro atoms. The lowest BCUT2D eigenvalue weighted by molar-refractivity contribution is -0.120. The second kappa shape index (κ2) is 9.37. The molecule has 4 nitrogen and oxygen atoms in total. The molecule has 0 saturated carbocycles. The molecule has 1 aromatic heterocycles. The molecule has 134 valence electrons. The van der Waals surface area contributed by atoms with Crippen LogP contribution in [0.15, 0.2) is 35.7 Å². The Labute approximate surface area is 153 Å². The number of hydrogen-bond acceptors (Lipinski definition) is 3. The van der Waals surface area contributed by atoms with Gasteiger partial charge >= 0.3 is 0 Å². The molecular formula is C20H26N2O2S. The molecule has 0 fully saturated rings. The Hall–Kier alpha value is -2.14. The number of rotatable bonds is 8. The van der Waals surface area contributed by atoms with Crippen molar-refractivity contribution in [2.24, 2.45) is 0 Å². The van der Waals surface area contributed by atoms with E-state index in [1.54, 1.807) is 23.2 Å². The van der Waals surface area contributed by atoms with E-state index in [1.807, 2.05) is 23.6 Å². The zero-order valence-corrected chi connectivity index (χ0v) is 16.0. The summed E-state index contributed by atoms with van der Waals surface area (Å²) in [6.07, 6.45) is 2.14. The van der Waals surface area contributed by atoms with E-state index >= 15 is 0 Å². The third-order valence-corrected chi connectivity index (χ3v) is 5.06. The molecule has 0 bridgehead atoms. The lowest BCUT2D eigenvalue weighted by Gasteiger charge is -2.26. The van der Waals surface area contributed by atoms with Crippen molar-refractivity contribution in [3.8, 4) is 0 Å². The minimum Gasteiger partial charge on any atom is -0.354 e. The van der Waals surface area contributed by atoms with Crippen LogP contribution in [0.2, 0.25) is 0 Å². The number of carbonyl (C=O) groups is 2. The normalized spacial score (nSPS) is 10.5. The van der Waals surface area contributed by atoms with Gasteiger partial charge in [-0.05, 0) is 35.4 Å². The van der Waals surface area contributed by atoms with E-state index in [-0.39, 0.29) is 11.8 Å². The average molecular weight is 359 g/mol. The first-order valence-corrected chi connectivity index (χ1v) is 9.62. The highest BCUT2D eigenvalue weighted by Gasteiger charge is 2.18. The van der Waals surface area contributed by atoms with Gasteiger partial charge in [-0.1, -0.05) is 38.1 Å². The molecule has 2 rings (SSSR count). The van der Waals surface area contributed by atoms with Crippen molar-refractivity contribution in [2.45, 2.75) is 40.0 Å². The van der Waals surface area contributed by atoms with E-state index < -0.39 is 0 Å². The van der Waals surface area contributed by atoms with Crippen LogP contribution < -0.4 is 10.2 Å². The van der Waals surface area contributed by atoms with Gasteiger partial charge in [-0.25, -0.2) is 0 Å². The van der Waals surface area contributed by atoms with Crippen LogP contribution in [0.3, 0.4) is 0 Å². The first-order valence-electron chi connectivity index (χ1n) is 8.74. The van der Waals surface area contributed by atoms with Gasteiger partial charge in [0, 0.05) is 24.9 Å². The molecule has 0 radical (unpaired) electrons. The predicted octanol–water partition coefficient (Wildman–Crippen LogP) is 3.58. The lowest BCUT2D eigenvalue weighted by Crippen LogP contribution is -2.39. The molecule has 0 aliphatic carbocycles. The average Bonchev–Trinajstić information content (AvgIpc) is 3.10. The number of aryl methyl sites for hydroxylation is 2. The third kappa shape index (κ3) is 5.16. The van der Waals surface area contributed by atoms with Crippen LogP contribution in [0.1, 0.15) is 36.8 Å². The van der Waals surface area contributed by atoms with Crippen molar-refractivity contribution >= 4 is 28.8 Å². The quantitative estimate of drug-likeness (QED) is 0.784. The van der Waals surface area contributed by atoms with Crippen LogP contribution in [0, 0.1) is 0 Å². The second-order valence-electron chi connectivity index (χ2n) is 5.91. The van der Waals surface area contributed by atoms with Gasteiger partial charge in [0.25, 0.3) is 0 Å². The number of thiophene rings is 1. The summed E-state index contributed by atoms with van der Waals surface area (Å²) in [5, 5.41) is 4.89. The fraction of sp³-hybridized carbons (Fsp3) is 0.400. The van der Waals surface area contributed by atoms with E-state index in [9.17, 15) is 9.59 Å². The van der Waals surface area contributed by atoms with Crippen molar-refractivity contribution in [3.05, 3.63) is 51.7 Å². The number of para-hydroxylation sites is 1. The van der Waals surface area contributed by atoms with Crippen molar-refractivity contribution < 1.29 is 9.59 Å². The van der Waals surface area contributed by atoms with Gasteiger partial charge in [0.15, 0.2) is 0 Å². The van der Waals surface area contributed by atoms with Crippen LogP contribution in [-0.2, 0) is 28.9 Å². The van der Waals surface area contributed by atoms with Crippen molar-refractivity contribution in [3.63, 3.8) is 0 Å². The highest BCUT2D eigenvalue weighted by atomic mass is 32.1. The SMILES string of the molecule is CCc1cccc(CC)c1N(CCNC(=O)Cc1cccs1)C(C)=O. The van der Waals surface area contributed by atoms with Gasteiger partial charge < -0.3 is 10.2 Å². The van der Waals surface area contributed by atoms with Gasteiger partial charge in [0.2, 0.25) is 11.8 Å². The molecule has 2 amide bonds. The minimum absolute atomic E-state index is 0.00288. The Morgan fingerprint density at radius 2 is 1.76 bits per heavy atom. The lowest BCUT2D eigenvalue weighted by atomic mass is 10.0. The summed E-state index contributed by atoms with van der Waals surface area (Å²) < 4.78 is 0. The van der Waals surface area contributed by atoms with Gasteiger partial charge in [-0.3, -0.25) is 9.59 Å².